The SMILES string of the molecule is CS(=O)(=O)N(CC(=O)N/N=C\c1ccc(F)cc1)c1ccc(I)cc1. The average Bonchev–Trinajstić information content (AvgIpc) is 2.54. The highest BCUT2D eigenvalue weighted by molar-refractivity contribution is 14.1. The van der Waals surface area contributed by atoms with Gasteiger partial charge in [0.2, 0.25) is 10.0 Å². The number of nitrogens with one attached hydrogen (secondary N) is 1. The Morgan fingerprint density at radius 2 is 1.80 bits per heavy atom. The van der Waals surface area contributed by atoms with Crippen LogP contribution in [0.4, 0.5) is 10.1 Å². The summed E-state index contributed by atoms with van der Waals surface area (Å²) >= 11 is 2.10. The molecule has 0 saturated carbocycles. The summed E-state index contributed by atoms with van der Waals surface area (Å²) in [6, 6.07) is 12.3. The predicted octanol–water partition coefficient (Wildman–Crippen LogP) is 2.35. The van der Waals surface area contributed by atoms with Crippen molar-refractivity contribution >= 4 is 50.4 Å². The number of amides is 1. The second-order valence-corrected chi connectivity index (χ2v) is 8.24. The van der Waals surface area contributed by atoms with Crippen molar-refractivity contribution in [3.8, 4) is 0 Å². The van der Waals surface area contributed by atoms with Crippen molar-refractivity contribution in [3.63, 3.8) is 0 Å². The molecule has 0 saturated heterocycles. The zero-order valence-corrected chi connectivity index (χ0v) is 16.2. The summed E-state index contributed by atoms with van der Waals surface area (Å²) in [5.74, 6) is -0.968. The molecule has 132 valence electrons. The molecule has 6 nitrogen and oxygen atoms in total. The van der Waals surface area contributed by atoms with E-state index in [0.717, 1.165) is 14.1 Å². The van der Waals surface area contributed by atoms with E-state index in [1.807, 2.05) is 0 Å². The first-order valence-electron chi connectivity index (χ1n) is 7.06. The van der Waals surface area contributed by atoms with Gasteiger partial charge in [0.05, 0.1) is 18.2 Å². The lowest BCUT2D eigenvalue weighted by Gasteiger charge is -2.21. The molecular weight excluding hydrogens is 460 g/mol. The molecule has 2 aromatic rings. The van der Waals surface area contributed by atoms with Gasteiger partial charge in [0.1, 0.15) is 12.4 Å². The van der Waals surface area contributed by atoms with Crippen LogP contribution in [0.3, 0.4) is 0 Å². The van der Waals surface area contributed by atoms with Crippen LogP contribution in [-0.2, 0) is 14.8 Å². The highest BCUT2D eigenvalue weighted by Gasteiger charge is 2.20. The number of halogens is 2. The van der Waals surface area contributed by atoms with Crippen molar-refractivity contribution in [2.45, 2.75) is 0 Å². The smallest absolute Gasteiger partial charge is 0.260 e. The predicted molar refractivity (Wildman–Crippen MR) is 103 cm³/mol. The van der Waals surface area contributed by atoms with E-state index in [1.54, 1.807) is 24.3 Å². The van der Waals surface area contributed by atoms with Crippen LogP contribution < -0.4 is 9.73 Å². The molecule has 2 aromatic carbocycles. The topological polar surface area (TPSA) is 78.8 Å². The Hall–Kier alpha value is -2.01. The number of hydrogen-bond acceptors (Lipinski definition) is 4. The van der Waals surface area contributed by atoms with E-state index in [-0.39, 0.29) is 5.82 Å². The third-order valence-electron chi connectivity index (χ3n) is 3.08. The number of rotatable bonds is 6. The Labute approximate surface area is 158 Å². The van der Waals surface area contributed by atoms with E-state index >= 15 is 0 Å². The second-order valence-electron chi connectivity index (χ2n) is 5.09. The van der Waals surface area contributed by atoms with Crippen molar-refractivity contribution in [1.29, 1.82) is 0 Å². The van der Waals surface area contributed by atoms with Crippen molar-refractivity contribution < 1.29 is 17.6 Å². The van der Waals surface area contributed by atoms with E-state index < -0.39 is 22.5 Å². The molecule has 0 radical (unpaired) electrons. The van der Waals surface area contributed by atoms with Gasteiger partial charge in [-0.2, -0.15) is 5.10 Å². The quantitative estimate of drug-likeness (QED) is 0.396. The first-order valence-corrected chi connectivity index (χ1v) is 9.99. The van der Waals surface area contributed by atoms with Gasteiger partial charge >= 0.3 is 0 Å². The maximum absolute atomic E-state index is 12.8. The standard InChI is InChI=1S/C16H15FIN3O3S/c1-25(23,24)21(15-8-6-14(18)7-9-15)11-16(22)20-19-10-12-2-4-13(17)5-3-12/h2-10H,11H2,1H3,(H,20,22)/b19-10-. The van der Waals surface area contributed by atoms with Crippen molar-refractivity contribution in [2.24, 2.45) is 5.10 Å². The van der Waals surface area contributed by atoms with E-state index in [2.05, 4.69) is 33.1 Å². The molecule has 9 heteroatoms. The van der Waals surface area contributed by atoms with Crippen LogP contribution in [0, 0.1) is 9.39 Å². The zero-order chi connectivity index (χ0) is 18.4. The van der Waals surface area contributed by atoms with Gasteiger partial charge in [0.15, 0.2) is 0 Å². The molecule has 1 N–H and O–H groups in total. The Morgan fingerprint density at radius 1 is 1.20 bits per heavy atom. The largest absolute Gasteiger partial charge is 0.271 e. The van der Waals surface area contributed by atoms with Gasteiger partial charge in [0.25, 0.3) is 5.91 Å². The minimum atomic E-state index is -3.63. The minimum Gasteiger partial charge on any atom is -0.271 e. The van der Waals surface area contributed by atoms with Crippen LogP contribution in [0.15, 0.2) is 53.6 Å². The third kappa shape index (κ3) is 6.09. The lowest BCUT2D eigenvalue weighted by Crippen LogP contribution is -2.39. The second kappa shape index (κ2) is 8.39. The van der Waals surface area contributed by atoms with E-state index in [4.69, 9.17) is 0 Å². The van der Waals surface area contributed by atoms with Crippen LogP contribution in [0.2, 0.25) is 0 Å². The molecule has 0 heterocycles. The normalized spacial score (nSPS) is 11.5. The van der Waals surface area contributed by atoms with Crippen molar-refractivity contribution in [2.75, 3.05) is 17.1 Å². The van der Waals surface area contributed by atoms with Gasteiger partial charge in [-0.05, 0) is 64.6 Å². The Bertz CT molecular complexity index is 869. The fourth-order valence-electron chi connectivity index (χ4n) is 1.90. The summed E-state index contributed by atoms with van der Waals surface area (Å²) in [5.41, 5.74) is 3.24. The Balaban J connectivity index is 2.04. The molecule has 0 aromatic heterocycles. The third-order valence-corrected chi connectivity index (χ3v) is 4.93. The lowest BCUT2D eigenvalue weighted by molar-refractivity contribution is -0.119. The van der Waals surface area contributed by atoms with E-state index in [9.17, 15) is 17.6 Å². The molecule has 0 fully saturated rings. The molecule has 25 heavy (non-hydrogen) atoms. The Kier molecular flexibility index (Phi) is 6.48. The number of hydrogen-bond donors (Lipinski definition) is 1. The molecule has 0 bridgehead atoms. The van der Waals surface area contributed by atoms with E-state index in [0.29, 0.717) is 11.3 Å². The fourth-order valence-corrected chi connectivity index (χ4v) is 3.12. The average molecular weight is 475 g/mol. The number of sulfonamides is 1. The summed E-state index contributed by atoms with van der Waals surface area (Å²) in [4.78, 5) is 12.0. The maximum atomic E-state index is 12.8. The summed E-state index contributed by atoms with van der Waals surface area (Å²) in [5, 5.41) is 3.74. The van der Waals surface area contributed by atoms with Gasteiger partial charge in [0, 0.05) is 3.57 Å². The molecule has 1 amide bonds. The number of carbonyl (C=O) groups excluding carboxylic acids is 1. The van der Waals surface area contributed by atoms with E-state index in [1.165, 1.54) is 30.5 Å². The highest BCUT2D eigenvalue weighted by Crippen LogP contribution is 2.18. The van der Waals surface area contributed by atoms with Crippen LogP contribution in [0.5, 0.6) is 0 Å². The molecule has 0 spiro atoms. The summed E-state index contributed by atoms with van der Waals surface area (Å²) < 4.78 is 38.6. The fraction of sp³-hybridized carbons (Fsp3) is 0.125. The van der Waals surface area contributed by atoms with Crippen LogP contribution >= 0.6 is 22.6 Å². The van der Waals surface area contributed by atoms with Crippen molar-refractivity contribution in [3.05, 3.63) is 63.5 Å². The van der Waals surface area contributed by atoms with Gasteiger partial charge in [-0.25, -0.2) is 18.2 Å². The van der Waals surface area contributed by atoms with Crippen LogP contribution in [0.25, 0.3) is 0 Å². The van der Waals surface area contributed by atoms with Gasteiger partial charge in [-0.3, -0.25) is 9.10 Å². The number of nitrogens with zero attached hydrogens (tertiary/aromatic N) is 2. The minimum absolute atomic E-state index is 0.373. The monoisotopic (exact) mass is 475 g/mol. The lowest BCUT2D eigenvalue weighted by atomic mass is 10.2. The molecule has 0 aliphatic rings. The first-order chi connectivity index (χ1) is 11.8. The van der Waals surface area contributed by atoms with Gasteiger partial charge < -0.3 is 0 Å². The highest BCUT2D eigenvalue weighted by atomic mass is 127. The molecule has 0 aliphatic carbocycles. The number of hydrazone groups is 1. The van der Waals surface area contributed by atoms with Gasteiger partial charge in [-0.1, -0.05) is 12.1 Å². The molecule has 0 aliphatic heterocycles. The van der Waals surface area contributed by atoms with Crippen molar-refractivity contribution in [1.82, 2.24) is 5.43 Å². The molecule has 0 atom stereocenters. The zero-order valence-electron chi connectivity index (χ0n) is 13.2. The first kappa shape index (κ1) is 19.3. The van der Waals surface area contributed by atoms with Crippen LogP contribution in [-0.4, -0.2) is 33.3 Å². The van der Waals surface area contributed by atoms with Crippen LogP contribution in [0.1, 0.15) is 5.56 Å². The molecular formula is C16H15FIN3O3S. The maximum Gasteiger partial charge on any atom is 0.260 e. The molecule has 2 rings (SSSR count). The summed E-state index contributed by atoms with van der Waals surface area (Å²) in [6.45, 7) is -0.403. The number of anilines is 1. The summed E-state index contributed by atoms with van der Waals surface area (Å²) in [6.07, 6.45) is 2.37. The Morgan fingerprint density at radius 3 is 2.36 bits per heavy atom. The van der Waals surface area contributed by atoms with Gasteiger partial charge in [-0.15, -0.1) is 0 Å². The number of carbonyl (C=O) groups is 1. The summed E-state index contributed by atoms with van der Waals surface area (Å²) in [7, 11) is -3.63. The number of benzene rings is 2. The molecule has 0 unspecified atom stereocenters.